The fraction of sp³-hybridized carbons (Fsp3) is 0.556. The Balaban J connectivity index is 2.44. The number of nitrogens with one attached hydrogen (secondary N) is 1. The molecular weight excluding hydrogens is 294 g/mol. The van der Waals surface area contributed by atoms with E-state index in [1.807, 2.05) is 38.1 Å². The van der Waals surface area contributed by atoms with Crippen LogP contribution in [0.25, 0.3) is 0 Å². The Hall–Kier alpha value is -2.04. The standard InChI is InChI=1S/C18H27NO4/c1-4-11-23-15-8-5-14(6-9-15)7-10-17(20)19-16(18(21)22)12-13(2)3/h5-6,8-9,13,16H,4,7,10-12H2,1-3H3,(H,19,20)(H,21,22). The van der Waals surface area contributed by atoms with Crippen molar-refractivity contribution in [3.05, 3.63) is 29.8 Å². The lowest BCUT2D eigenvalue weighted by Gasteiger charge is -2.16. The molecule has 1 unspecified atom stereocenters. The monoisotopic (exact) mass is 321 g/mol. The van der Waals surface area contributed by atoms with Crippen molar-refractivity contribution >= 4 is 11.9 Å². The first-order valence-corrected chi connectivity index (χ1v) is 8.16. The van der Waals surface area contributed by atoms with Crippen LogP contribution >= 0.6 is 0 Å². The van der Waals surface area contributed by atoms with E-state index in [2.05, 4.69) is 12.2 Å². The number of aliphatic carboxylic acids is 1. The number of hydrogen-bond acceptors (Lipinski definition) is 3. The summed E-state index contributed by atoms with van der Waals surface area (Å²) < 4.78 is 5.51. The van der Waals surface area contributed by atoms with E-state index in [1.165, 1.54) is 0 Å². The van der Waals surface area contributed by atoms with Crippen LogP contribution in [0.3, 0.4) is 0 Å². The van der Waals surface area contributed by atoms with E-state index in [1.54, 1.807) is 0 Å². The predicted octanol–water partition coefficient (Wildman–Crippen LogP) is 3.02. The van der Waals surface area contributed by atoms with E-state index in [4.69, 9.17) is 9.84 Å². The number of aryl methyl sites for hydroxylation is 1. The summed E-state index contributed by atoms with van der Waals surface area (Å²) in [4.78, 5) is 23.1. The molecule has 0 bridgehead atoms. The maximum atomic E-state index is 11.9. The van der Waals surface area contributed by atoms with Gasteiger partial charge >= 0.3 is 5.97 Å². The maximum Gasteiger partial charge on any atom is 0.326 e. The lowest BCUT2D eigenvalue weighted by Crippen LogP contribution is -2.41. The number of carbonyl (C=O) groups is 2. The second-order valence-electron chi connectivity index (χ2n) is 6.08. The van der Waals surface area contributed by atoms with Gasteiger partial charge in [-0.15, -0.1) is 0 Å². The van der Waals surface area contributed by atoms with E-state index in [0.717, 1.165) is 17.7 Å². The smallest absolute Gasteiger partial charge is 0.326 e. The van der Waals surface area contributed by atoms with Crippen molar-refractivity contribution in [2.24, 2.45) is 5.92 Å². The highest BCUT2D eigenvalue weighted by Gasteiger charge is 2.20. The van der Waals surface area contributed by atoms with E-state index in [9.17, 15) is 9.59 Å². The molecule has 0 aromatic heterocycles. The van der Waals surface area contributed by atoms with Gasteiger partial charge in [0, 0.05) is 6.42 Å². The molecule has 2 N–H and O–H groups in total. The molecule has 0 fully saturated rings. The van der Waals surface area contributed by atoms with Crippen molar-refractivity contribution in [1.82, 2.24) is 5.32 Å². The van der Waals surface area contributed by atoms with Gasteiger partial charge in [-0.3, -0.25) is 4.79 Å². The highest BCUT2D eigenvalue weighted by molar-refractivity contribution is 5.83. The molecule has 5 nitrogen and oxygen atoms in total. The number of carbonyl (C=O) groups excluding carboxylic acids is 1. The Morgan fingerprint density at radius 3 is 2.39 bits per heavy atom. The number of carboxylic acids is 1. The van der Waals surface area contributed by atoms with Gasteiger partial charge in [0.1, 0.15) is 11.8 Å². The van der Waals surface area contributed by atoms with Gasteiger partial charge in [0.05, 0.1) is 6.61 Å². The van der Waals surface area contributed by atoms with Gasteiger partial charge in [-0.25, -0.2) is 4.79 Å². The van der Waals surface area contributed by atoms with Crippen molar-refractivity contribution in [1.29, 1.82) is 0 Å². The molecule has 1 aromatic rings. The van der Waals surface area contributed by atoms with E-state index in [0.29, 0.717) is 19.4 Å². The van der Waals surface area contributed by atoms with E-state index in [-0.39, 0.29) is 18.2 Å². The first-order chi connectivity index (χ1) is 10.9. The quantitative estimate of drug-likeness (QED) is 0.694. The van der Waals surface area contributed by atoms with Crippen LogP contribution in [0.15, 0.2) is 24.3 Å². The van der Waals surface area contributed by atoms with Crippen LogP contribution in [0.1, 0.15) is 45.6 Å². The Kier molecular flexibility index (Phi) is 8.16. The minimum absolute atomic E-state index is 0.215. The second-order valence-corrected chi connectivity index (χ2v) is 6.08. The van der Waals surface area contributed by atoms with Crippen LogP contribution < -0.4 is 10.1 Å². The normalized spacial score (nSPS) is 12.0. The lowest BCUT2D eigenvalue weighted by atomic mass is 10.0. The Morgan fingerprint density at radius 1 is 1.22 bits per heavy atom. The largest absolute Gasteiger partial charge is 0.494 e. The fourth-order valence-electron chi connectivity index (χ4n) is 2.19. The molecule has 23 heavy (non-hydrogen) atoms. The predicted molar refractivity (Wildman–Crippen MR) is 89.6 cm³/mol. The molecule has 0 aliphatic carbocycles. The molecule has 0 aliphatic rings. The van der Waals surface area contributed by atoms with Crippen LogP contribution in [0.4, 0.5) is 0 Å². The van der Waals surface area contributed by atoms with Crippen LogP contribution in [-0.2, 0) is 16.0 Å². The molecule has 0 radical (unpaired) electrons. The Bertz CT molecular complexity index is 496. The summed E-state index contributed by atoms with van der Waals surface area (Å²) in [5, 5.41) is 11.7. The van der Waals surface area contributed by atoms with E-state index >= 15 is 0 Å². The summed E-state index contributed by atoms with van der Waals surface area (Å²) in [5.74, 6) is -0.177. The second kappa shape index (κ2) is 9.87. The summed E-state index contributed by atoms with van der Waals surface area (Å²) in [6.45, 7) is 6.61. The molecule has 1 atom stereocenters. The molecule has 0 saturated carbocycles. The molecule has 1 rings (SSSR count). The molecule has 1 amide bonds. The fourth-order valence-corrected chi connectivity index (χ4v) is 2.19. The van der Waals surface area contributed by atoms with Crippen molar-refractivity contribution in [3.63, 3.8) is 0 Å². The highest BCUT2D eigenvalue weighted by Crippen LogP contribution is 2.14. The molecule has 0 heterocycles. The maximum absolute atomic E-state index is 11.9. The SMILES string of the molecule is CCCOc1ccc(CCC(=O)NC(CC(C)C)C(=O)O)cc1. The molecular formula is C18H27NO4. The number of hydrogen-bond donors (Lipinski definition) is 2. The summed E-state index contributed by atoms with van der Waals surface area (Å²) >= 11 is 0. The van der Waals surface area contributed by atoms with Gasteiger partial charge in [0.25, 0.3) is 0 Å². The van der Waals surface area contributed by atoms with Crippen molar-refractivity contribution in [2.45, 2.75) is 52.5 Å². The van der Waals surface area contributed by atoms with Gasteiger partial charge < -0.3 is 15.2 Å². The summed E-state index contributed by atoms with van der Waals surface area (Å²) in [7, 11) is 0. The number of carboxylic acid groups (broad SMARTS) is 1. The third-order valence-corrected chi connectivity index (χ3v) is 3.38. The molecule has 0 spiro atoms. The van der Waals surface area contributed by atoms with E-state index < -0.39 is 12.0 Å². The highest BCUT2D eigenvalue weighted by atomic mass is 16.5. The van der Waals surface area contributed by atoms with Crippen LogP contribution in [0.2, 0.25) is 0 Å². The zero-order valence-electron chi connectivity index (χ0n) is 14.2. The Labute approximate surface area is 138 Å². The molecule has 5 heteroatoms. The number of benzene rings is 1. The van der Waals surface area contributed by atoms with Gasteiger partial charge in [-0.05, 0) is 42.9 Å². The van der Waals surface area contributed by atoms with Crippen molar-refractivity contribution < 1.29 is 19.4 Å². The topological polar surface area (TPSA) is 75.6 Å². The first-order valence-electron chi connectivity index (χ1n) is 8.16. The molecule has 0 saturated heterocycles. The lowest BCUT2D eigenvalue weighted by molar-refractivity contribution is -0.142. The summed E-state index contributed by atoms with van der Waals surface area (Å²) in [6.07, 6.45) is 2.25. The minimum Gasteiger partial charge on any atom is -0.494 e. The number of amides is 1. The van der Waals surface area contributed by atoms with Crippen LogP contribution in [0.5, 0.6) is 5.75 Å². The van der Waals surface area contributed by atoms with Gasteiger partial charge in [-0.1, -0.05) is 32.9 Å². The minimum atomic E-state index is -0.982. The van der Waals surface area contributed by atoms with Gasteiger partial charge in [-0.2, -0.15) is 0 Å². The van der Waals surface area contributed by atoms with Crippen molar-refractivity contribution in [3.8, 4) is 5.75 Å². The average Bonchev–Trinajstić information content (AvgIpc) is 2.50. The zero-order chi connectivity index (χ0) is 17.2. The number of ether oxygens (including phenoxy) is 1. The zero-order valence-corrected chi connectivity index (χ0v) is 14.2. The molecule has 128 valence electrons. The average molecular weight is 321 g/mol. The summed E-state index contributed by atoms with van der Waals surface area (Å²) in [6, 6.07) is 6.83. The van der Waals surface area contributed by atoms with Crippen LogP contribution in [-0.4, -0.2) is 29.6 Å². The van der Waals surface area contributed by atoms with Gasteiger partial charge in [0.15, 0.2) is 0 Å². The first kappa shape index (κ1) is 19.0. The third-order valence-electron chi connectivity index (χ3n) is 3.38. The number of rotatable bonds is 10. The Morgan fingerprint density at radius 2 is 1.87 bits per heavy atom. The summed E-state index contributed by atoms with van der Waals surface area (Å²) in [5.41, 5.74) is 1.03. The van der Waals surface area contributed by atoms with Crippen LogP contribution in [0, 0.1) is 5.92 Å². The third kappa shape index (κ3) is 7.68. The molecule has 1 aromatic carbocycles. The van der Waals surface area contributed by atoms with Crippen molar-refractivity contribution in [2.75, 3.05) is 6.61 Å². The molecule has 0 aliphatic heterocycles. The van der Waals surface area contributed by atoms with Gasteiger partial charge in [0.2, 0.25) is 5.91 Å².